The molecule has 1 aromatic rings. The maximum Gasteiger partial charge on any atom is 0.339 e. The van der Waals surface area contributed by atoms with Crippen LogP contribution < -0.4 is 0 Å². The Labute approximate surface area is 117 Å². The van der Waals surface area contributed by atoms with Crippen LogP contribution in [0.15, 0.2) is 58.8 Å². The van der Waals surface area contributed by atoms with Crippen molar-refractivity contribution >= 4 is 17.5 Å². The molecule has 102 valence electrons. The molecule has 1 aromatic carbocycles. The molecule has 0 saturated carbocycles. The summed E-state index contributed by atoms with van der Waals surface area (Å²) in [5.74, 6) is -0.447. The Morgan fingerprint density at radius 2 is 1.70 bits per heavy atom. The summed E-state index contributed by atoms with van der Waals surface area (Å²) in [6.07, 6.45) is 3.37. The summed E-state index contributed by atoms with van der Waals surface area (Å²) in [6.45, 7) is 3.42. The molecule has 0 spiro atoms. The van der Waals surface area contributed by atoms with Crippen LogP contribution in [0.1, 0.15) is 19.4 Å². The molecule has 0 atom stereocenters. The third-order valence-electron chi connectivity index (χ3n) is 2.89. The van der Waals surface area contributed by atoms with E-state index in [4.69, 9.17) is 4.84 Å². The van der Waals surface area contributed by atoms with Crippen molar-refractivity contribution in [1.82, 2.24) is 0 Å². The van der Waals surface area contributed by atoms with Crippen molar-refractivity contribution in [3.05, 3.63) is 59.2 Å². The Bertz CT molecular complexity index is 600. The Morgan fingerprint density at radius 3 is 2.30 bits per heavy atom. The van der Waals surface area contributed by atoms with Gasteiger partial charge in [-0.25, -0.2) is 4.79 Å². The SMILES string of the molecule is CC1=CC(=NOC(=O)Cc2ccccc2)C=C(C)C1=O. The second-order valence-corrected chi connectivity index (χ2v) is 4.63. The molecule has 0 aliphatic heterocycles. The van der Waals surface area contributed by atoms with Gasteiger partial charge in [0.05, 0.1) is 6.42 Å². The van der Waals surface area contributed by atoms with Crippen LogP contribution in [0.5, 0.6) is 0 Å². The number of carbonyl (C=O) groups is 2. The van der Waals surface area contributed by atoms with E-state index in [1.807, 2.05) is 30.3 Å². The topological polar surface area (TPSA) is 55.7 Å². The molecule has 0 amide bonds. The molecular weight excluding hydrogens is 254 g/mol. The van der Waals surface area contributed by atoms with Crippen LogP contribution in [0.2, 0.25) is 0 Å². The number of rotatable bonds is 3. The summed E-state index contributed by atoms with van der Waals surface area (Å²) in [6, 6.07) is 9.30. The van der Waals surface area contributed by atoms with Crippen LogP contribution in [0.25, 0.3) is 0 Å². The van der Waals surface area contributed by atoms with Crippen LogP contribution in [0.3, 0.4) is 0 Å². The number of Topliss-reactive ketones (excluding diaryl/α,β-unsaturated/α-hetero) is 1. The van der Waals surface area contributed by atoms with Gasteiger partial charge in [-0.15, -0.1) is 0 Å². The zero-order valence-corrected chi connectivity index (χ0v) is 11.4. The summed E-state index contributed by atoms with van der Waals surface area (Å²) in [5.41, 5.74) is 2.52. The normalized spacial score (nSPS) is 14.5. The zero-order valence-electron chi connectivity index (χ0n) is 11.4. The molecule has 4 nitrogen and oxygen atoms in total. The van der Waals surface area contributed by atoms with Crippen LogP contribution in [0, 0.1) is 0 Å². The largest absolute Gasteiger partial charge is 0.339 e. The third-order valence-corrected chi connectivity index (χ3v) is 2.89. The third kappa shape index (κ3) is 3.51. The second-order valence-electron chi connectivity index (χ2n) is 4.63. The summed E-state index contributed by atoms with van der Waals surface area (Å²) in [5, 5.41) is 3.78. The van der Waals surface area contributed by atoms with Crippen molar-refractivity contribution in [1.29, 1.82) is 0 Å². The maximum atomic E-state index is 11.6. The lowest BCUT2D eigenvalue weighted by Crippen LogP contribution is -2.12. The maximum absolute atomic E-state index is 11.6. The predicted octanol–water partition coefficient (Wildman–Crippen LogP) is 2.60. The second kappa shape index (κ2) is 6.10. The molecule has 1 aliphatic carbocycles. The first-order valence-electron chi connectivity index (χ1n) is 6.29. The van der Waals surface area contributed by atoms with Gasteiger partial charge in [-0.05, 0) is 42.7 Å². The van der Waals surface area contributed by atoms with Gasteiger partial charge < -0.3 is 4.84 Å². The molecule has 4 heteroatoms. The highest BCUT2D eigenvalue weighted by Crippen LogP contribution is 2.12. The van der Waals surface area contributed by atoms with E-state index in [0.29, 0.717) is 16.9 Å². The molecule has 0 bridgehead atoms. The van der Waals surface area contributed by atoms with Gasteiger partial charge in [0, 0.05) is 0 Å². The minimum absolute atomic E-state index is 0.0143. The van der Waals surface area contributed by atoms with Crippen molar-refractivity contribution < 1.29 is 14.4 Å². The fourth-order valence-corrected chi connectivity index (χ4v) is 1.88. The fraction of sp³-hybridized carbons (Fsp3) is 0.188. The Hall–Kier alpha value is -2.49. The summed E-state index contributed by atoms with van der Waals surface area (Å²) >= 11 is 0. The van der Waals surface area contributed by atoms with Gasteiger partial charge >= 0.3 is 5.97 Å². The Balaban J connectivity index is 2.00. The lowest BCUT2D eigenvalue weighted by atomic mass is 9.98. The van der Waals surface area contributed by atoms with E-state index in [1.165, 1.54) is 0 Å². The van der Waals surface area contributed by atoms with Crippen LogP contribution >= 0.6 is 0 Å². The molecule has 1 aliphatic rings. The quantitative estimate of drug-likeness (QED) is 0.481. The van der Waals surface area contributed by atoms with Gasteiger partial charge in [-0.1, -0.05) is 35.5 Å². The van der Waals surface area contributed by atoms with Gasteiger partial charge in [0.25, 0.3) is 0 Å². The van der Waals surface area contributed by atoms with Gasteiger partial charge in [-0.2, -0.15) is 0 Å². The molecule has 0 unspecified atom stereocenters. The van der Waals surface area contributed by atoms with Gasteiger partial charge in [0.1, 0.15) is 5.71 Å². The van der Waals surface area contributed by atoms with Gasteiger partial charge in [0.15, 0.2) is 5.78 Å². The van der Waals surface area contributed by atoms with E-state index in [0.717, 1.165) is 5.56 Å². The summed E-state index contributed by atoms with van der Waals surface area (Å²) in [7, 11) is 0. The number of benzene rings is 1. The highest BCUT2D eigenvalue weighted by atomic mass is 16.7. The lowest BCUT2D eigenvalue weighted by Gasteiger charge is -2.07. The van der Waals surface area contributed by atoms with Crippen molar-refractivity contribution in [3.63, 3.8) is 0 Å². The molecule has 2 rings (SSSR count). The first-order chi connectivity index (χ1) is 9.56. The molecule has 0 saturated heterocycles. The lowest BCUT2D eigenvalue weighted by molar-refractivity contribution is -0.142. The Kier molecular flexibility index (Phi) is 4.25. The van der Waals surface area contributed by atoms with E-state index in [1.54, 1.807) is 26.0 Å². The van der Waals surface area contributed by atoms with E-state index < -0.39 is 5.97 Å². The minimum Gasteiger partial charge on any atom is -0.317 e. The molecule has 0 fully saturated rings. The smallest absolute Gasteiger partial charge is 0.317 e. The first kappa shape index (κ1) is 13.9. The van der Waals surface area contributed by atoms with Gasteiger partial charge in [0.2, 0.25) is 0 Å². The van der Waals surface area contributed by atoms with Crippen molar-refractivity contribution in [3.8, 4) is 0 Å². The van der Waals surface area contributed by atoms with Crippen molar-refractivity contribution in [2.75, 3.05) is 0 Å². The van der Waals surface area contributed by atoms with E-state index in [-0.39, 0.29) is 12.2 Å². The predicted molar refractivity (Wildman–Crippen MR) is 76.2 cm³/mol. The van der Waals surface area contributed by atoms with Crippen LogP contribution in [0.4, 0.5) is 0 Å². The summed E-state index contributed by atoms with van der Waals surface area (Å²) in [4.78, 5) is 28.1. The number of ketones is 1. The molecular formula is C16H15NO3. The average molecular weight is 269 g/mol. The number of hydrogen-bond donors (Lipinski definition) is 0. The monoisotopic (exact) mass is 269 g/mol. The fourth-order valence-electron chi connectivity index (χ4n) is 1.88. The summed E-state index contributed by atoms with van der Waals surface area (Å²) < 4.78 is 0. The van der Waals surface area contributed by atoms with E-state index >= 15 is 0 Å². The van der Waals surface area contributed by atoms with Crippen molar-refractivity contribution in [2.24, 2.45) is 5.16 Å². The highest BCUT2D eigenvalue weighted by Gasteiger charge is 2.14. The number of hydrogen-bond acceptors (Lipinski definition) is 4. The van der Waals surface area contributed by atoms with Gasteiger partial charge in [-0.3, -0.25) is 4.79 Å². The standard InChI is InChI=1S/C16H15NO3/c1-11-8-14(9-12(2)16(11)19)17-20-15(18)10-13-6-4-3-5-7-13/h3-9H,10H2,1-2H3. The molecule has 0 aromatic heterocycles. The molecule has 0 radical (unpaired) electrons. The Morgan fingerprint density at radius 1 is 1.10 bits per heavy atom. The minimum atomic E-state index is -0.433. The number of nitrogens with zero attached hydrogens (tertiary/aromatic N) is 1. The number of allylic oxidation sites excluding steroid dienone is 4. The molecule has 0 heterocycles. The van der Waals surface area contributed by atoms with Crippen LogP contribution in [-0.2, 0) is 20.8 Å². The first-order valence-corrected chi connectivity index (χ1v) is 6.29. The highest BCUT2D eigenvalue weighted by molar-refractivity contribution is 6.21. The molecule has 0 N–H and O–H groups in total. The number of oxime groups is 1. The van der Waals surface area contributed by atoms with E-state index in [2.05, 4.69) is 5.16 Å². The van der Waals surface area contributed by atoms with E-state index in [9.17, 15) is 9.59 Å². The molecule has 20 heavy (non-hydrogen) atoms. The van der Waals surface area contributed by atoms with Crippen LogP contribution in [-0.4, -0.2) is 17.5 Å². The van der Waals surface area contributed by atoms with Crippen molar-refractivity contribution in [2.45, 2.75) is 20.3 Å². The average Bonchev–Trinajstić information content (AvgIpc) is 2.43. The number of carbonyl (C=O) groups excluding carboxylic acids is 2. The zero-order chi connectivity index (χ0) is 14.5.